The van der Waals surface area contributed by atoms with Gasteiger partial charge in [0.15, 0.2) is 0 Å². The number of aromatic nitrogens is 2. The molecule has 1 saturated heterocycles. The van der Waals surface area contributed by atoms with Gasteiger partial charge in [0.1, 0.15) is 23.2 Å². The molecule has 0 aliphatic carbocycles. The number of hydrogen-bond acceptors (Lipinski definition) is 5. The van der Waals surface area contributed by atoms with Gasteiger partial charge in [-0.05, 0) is 35.2 Å². The maximum atomic E-state index is 5.66. The molecule has 2 heterocycles. The third-order valence-corrected chi connectivity index (χ3v) is 3.39. The minimum absolute atomic E-state index is 0.184. The van der Waals surface area contributed by atoms with Gasteiger partial charge in [0.05, 0.1) is 6.10 Å². The fourth-order valence-electron chi connectivity index (χ4n) is 1.74. The van der Waals surface area contributed by atoms with E-state index in [1.54, 1.807) is 7.05 Å². The quantitative estimate of drug-likeness (QED) is 0.924. The molecule has 1 atom stereocenters. The first-order valence-corrected chi connectivity index (χ1v) is 6.53. The Kier molecular flexibility index (Phi) is 4.56. The summed E-state index contributed by atoms with van der Waals surface area (Å²) in [5, 5.41) is 2.96. The third kappa shape index (κ3) is 3.29. The average molecular weight is 302 g/mol. The van der Waals surface area contributed by atoms with Gasteiger partial charge in [-0.3, -0.25) is 0 Å². The molecule has 0 spiro atoms. The molecule has 0 radical (unpaired) electrons. The number of ether oxygens (including phenoxy) is 2. The van der Waals surface area contributed by atoms with Crippen LogP contribution in [0.1, 0.15) is 19.3 Å². The van der Waals surface area contributed by atoms with E-state index in [4.69, 9.17) is 9.47 Å². The second-order valence-corrected chi connectivity index (χ2v) is 4.68. The van der Waals surface area contributed by atoms with Crippen LogP contribution in [0.4, 0.5) is 5.82 Å². The van der Waals surface area contributed by atoms with Crippen molar-refractivity contribution in [3.05, 3.63) is 10.8 Å². The molecule has 5 nitrogen and oxygen atoms in total. The first-order valence-electron chi connectivity index (χ1n) is 5.74. The molecule has 94 valence electrons. The summed E-state index contributed by atoms with van der Waals surface area (Å²) in [6.45, 7) is 1.37. The van der Waals surface area contributed by atoms with Crippen molar-refractivity contribution in [2.75, 3.05) is 25.6 Å². The van der Waals surface area contributed by atoms with Crippen LogP contribution in [-0.2, 0) is 4.74 Å². The van der Waals surface area contributed by atoms with Crippen LogP contribution in [-0.4, -0.2) is 36.3 Å². The first kappa shape index (κ1) is 12.6. The van der Waals surface area contributed by atoms with Crippen molar-refractivity contribution in [2.24, 2.45) is 0 Å². The Bertz CT molecular complexity index is 370. The molecule has 1 unspecified atom stereocenters. The molecule has 1 aromatic heterocycles. The van der Waals surface area contributed by atoms with E-state index in [2.05, 4.69) is 31.2 Å². The van der Waals surface area contributed by atoms with Crippen molar-refractivity contribution >= 4 is 21.7 Å². The number of hydrogen-bond donors (Lipinski definition) is 1. The van der Waals surface area contributed by atoms with Gasteiger partial charge in [0.2, 0.25) is 5.88 Å². The smallest absolute Gasteiger partial charge is 0.233 e. The summed E-state index contributed by atoms with van der Waals surface area (Å²) >= 11 is 3.41. The molecule has 1 aliphatic heterocycles. The predicted octanol–water partition coefficient (Wildman–Crippen LogP) is 2.23. The lowest BCUT2D eigenvalue weighted by Gasteiger charge is -2.22. The van der Waals surface area contributed by atoms with E-state index in [1.807, 2.05) is 0 Å². The zero-order valence-electron chi connectivity index (χ0n) is 9.78. The van der Waals surface area contributed by atoms with Crippen LogP contribution in [0.25, 0.3) is 0 Å². The highest BCUT2D eigenvalue weighted by Gasteiger charge is 2.16. The molecule has 0 saturated carbocycles. The Hall–Kier alpha value is -0.880. The van der Waals surface area contributed by atoms with Crippen LogP contribution < -0.4 is 10.1 Å². The maximum Gasteiger partial charge on any atom is 0.233 e. The number of nitrogens with one attached hydrogen (secondary N) is 1. The van der Waals surface area contributed by atoms with E-state index in [0.717, 1.165) is 29.7 Å². The second kappa shape index (κ2) is 6.16. The van der Waals surface area contributed by atoms with E-state index in [9.17, 15) is 0 Å². The summed E-state index contributed by atoms with van der Waals surface area (Å²) in [6.07, 6.45) is 5.08. The van der Waals surface area contributed by atoms with Crippen LogP contribution in [0, 0.1) is 0 Å². The van der Waals surface area contributed by atoms with Crippen molar-refractivity contribution < 1.29 is 9.47 Å². The largest absolute Gasteiger partial charge is 0.474 e. The summed E-state index contributed by atoms with van der Waals surface area (Å²) in [5.74, 6) is 1.28. The van der Waals surface area contributed by atoms with Crippen LogP contribution in [0.2, 0.25) is 0 Å². The van der Waals surface area contributed by atoms with E-state index in [-0.39, 0.29) is 6.10 Å². The molecule has 1 fully saturated rings. The van der Waals surface area contributed by atoms with Crippen LogP contribution >= 0.6 is 15.9 Å². The first-order chi connectivity index (χ1) is 8.31. The minimum atomic E-state index is 0.184. The van der Waals surface area contributed by atoms with Gasteiger partial charge < -0.3 is 14.8 Å². The van der Waals surface area contributed by atoms with Gasteiger partial charge in [-0.2, -0.15) is 0 Å². The summed E-state index contributed by atoms with van der Waals surface area (Å²) in [7, 11) is 1.81. The molecule has 17 heavy (non-hydrogen) atoms. The highest BCUT2D eigenvalue weighted by atomic mass is 79.9. The van der Waals surface area contributed by atoms with E-state index in [1.165, 1.54) is 12.7 Å². The van der Waals surface area contributed by atoms with Crippen LogP contribution in [0.5, 0.6) is 5.88 Å². The zero-order valence-corrected chi connectivity index (χ0v) is 11.4. The zero-order chi connectivity index (χ0) is 12.1. The Labute approximate surface area is 109 Å². The maximum absolute atomic E-state index is 5.66. The van der Waals surface area contributed by atoms with E-state index >= 15 is 0 Å². The lowest BCUT2D eigenvalue weighted by molar-refractivity contribution is -0.0121. The summed E-state index contributed by atoms with van der Waals surface area (Å²) < 4.78 is 12.0. The Morgan fingerprint density at radius 1 is 1.53 bits per heavy atom. The molecule has 0 amide bonds. The number of nitrogens with zero attached hydrogens (tertiary/aromatic N) is 2. The second-order valence-electron chi connectivity index (χ2n) is 3.89. The molecular formula is C11H16BrN3O2. The Balaban J connectivity index is 1.93. The van der Waals surface area contributed by atoms with Gasteiger partial charge in [0, 0.05) is 13.7 Å². The fourth-order valence-corrected chi connectivity index (χ4v) is 2.26. The number of halogens is 1. The van der Waals surface area contributed by atoms with Crippen LogP contribution in [0.3, 0.4) is 0 Å². The van der Waals surface area contributed by atoms with Gasteiger partial charge in [-0.1, -0.05) is 0 Å². The van der Waals surface area contributed by atoms with Gasteiger partial charge in [0.25, 0.3) is 0 Å². The molecule has 1 aliphatic rings. The normalized spacial score (nSPS) is 20.0. The van der Waals surface area contributed by atoms with Crippen molar-refractivity contribution in [2.45, 2.75) is 25.4 Å². The highest BCUT2D eigenvalue weighted by Crippen LogP contribution is 2.28. The highest BCUT2D eigenvalue weighted by molar-refractivity contribution is 9.10. The molecule has 2 rings (SSSR count). The van der Waals surface area contributed by atoms with Crippen molar-refractivity contribution in [3.63, 3.8) is 0 Å². The molecule has 1 aromatic rings. The van der Waals surface area contributed by atoms with Gasteiger partial charge in [-0.15, -0.1) is 0 Å². The average Bonchev–Trinajstić information content (AvgIpc) is 2.39. The summed E-state index contributed by atoms with van der Waals surface area (Å²) in [6, 6.07) is 0. The Morgan fingerprint density at radius 3 is 3.12 bits per heavy atom. The summed E-state index contributed by atoms with van der Waals surface area (Å²) in [4.78, 5) is 8.17. The number of anilines is 1. The van der Waals surface area contributed by atoms with Crippen LogP contribution in [0.15, 0.2) is 10.8 Å². The predicted molar refractivity (Wildman–Crippen MR) is 68.4 cm³/mol. The van der Waals surface area contributed by atoms with Crippen molar-refractivity contribution in [1.29, 1.82) is 0 Å². The lowest BCUT2D eigenvalue weighted by Crippen LogP contribution is -2.26. The fraction of sp³-hybridized carbons (Fsp3) is 0.636. The lowest BCUT2D eigenvalue weighted by atomic mass is 10.1. The van der Waals surface area contributed by atoms with Gasteiger partial charge >= 0.3 is 0 Å². The SMILES string of the molecule is CNc1ncnc(OCC2CCCCO2)c1Br. The monoisotopic (exact) mass is 301 g/mol. The molecule has 6 heteroatoms. The molecular weight excluding hydrogens is 286 g/mol. The van der Waals surface area contributed by atoms with Gasteiger partial charge in [-0.25, -0.2) is 9.97 Å². The van der Waals surface area contributed by atoms with Crippen molar-refractivity contribution in [1.82, 2.24) is 9.97 Å². The third-order valence-electron chi connectivity index (χ3n) is 2.67. The topological polar surface area (TPSA) is 56.3 Å². The molecule has 0 bridgehead atoms. The standard InChI is InChI=1S/C11H16BrN3O2/c1-13-10-9(12)11(15-7-14-10)17-6-8-4-2-3-5-16-8/h7-8H,2-6H2,1H3,(H,13,14,15). The van der Waals surface area contributed by atoms with E-state index < -0.39 is 0 Å². The number of rotatable bonds is 4. The van der Waals surface area contributed by atoms with E-state index in [0.29, 0.717) is 12.5 Å². The Morgan fingerprint density at radius 2 is 2.41 bits per heavy atom. The molecule has 1 N–H and O–H groups in total. The summed E-state index contributed by atoms with van der Waals surface area (Å²) in [5.41, 5.74) is 0. The van der Waals surface area contributed by atoms with Crippen molar-refractivity contribution in [3.8, 4) is 5.88 Å². The minimum Gasteiger partial charge on any atom is -0.474 e. The molecule has 0 aromatic carbocycles.